The van der Waals surface area contributed by atoms with E-state index < -0.39 is 20.0 Å². The molecule has 2 N–H and O–H groups in total. The number of rotatable bonds is 10. The first-order chi connectivity index (χ1) is 21.1. The standard InChI is InChI=1S/C31H39N5O7Si/c1-20-28(44(3,4)40)27(11-13-34-19-22(12-15-37)32-33-34)43-31(20)25-17-24(41-2)9-10-26(25)36(29(31)38)18-21-5-7-23(8-6-21)35-14-16-42-30(35)39/h5-10,17,19-20,27-28,37,40H,11-16,18H2,1-4H3/t20-,27+,28-,31+/m1/s1. The first-order valence-corrected chi connectivity index (χ1v) is 18.0. The van der Waals surface area contributed by atoms with Gasteiger partial charge in [0, 0.05) is 48.5 Å². The van der Waals surface area contributed by atoms with E-state index >= 15 is 0 Å². The molecule has 3 aliphatic rings. The normalized spacial score (nSPS) is 24.8. The first kappa shape index (κ1) is 30.3. The molecule has 0 bridgehead atoms. The number of ether oxygens (including phenoxy) is 3. The number of hydrogen-bond acceptors (Lipinski definition) is 9. The Morgan fingerprint density at radius 3 is 2.59 bits per heavy atom. The molecule has 6 rings (SSSR count). The Hall–Kier alpha value is -3.78. The van der Waals surface area contributed by atoms with Crippen LogP contribution in [0.15, 0.2) is 48.7 Å². The number of carbonyl (C=O) groups is 2. The Morgan fingerprint density at radius 2 is 1.93 bits per heavy atom. The van der Waals surface area contributed by atoms with Crippen molar-refractivity contribution in [2.45, 2.75) is 63.2 Å². The van der Waals surface area contributed by atoms with Crippen LogP contribution in [0, 0.1) is 5.92 Å². The largest absolute Gasteiger partial charge is 0.497 e. The number of aliphatic hydroxyl groups excluding tert-OH is 1. The second-order valence-electron chi connectivity index (χ2n) is 12.3. The first-order valence-electron chi connectivity index (χ1n) is 15.0. The predicted octanol–water partition coefficient (Wildman–Crippen LogP) is 3.21. The molecule has 0 unspecified atom stereocenters. The molecule has 2 amide bonds. The number of aromatic nitrogens is 3. The Labute approximate surface area is 257 Å². The van der Waals surface area contributed by atoms with Gasteiger partial charge in [0.25, 0.3) is 5.91 Å². The molecule has 2 aromatic carbocycles. The maximum Gasteiger partial charge on any atom is 0.414 e. The van der Waals surface area contributed by atoms with E-state index in [1.54, 1.807) is 27.8 Å². The average molecular weight is 622 g/mol. The number of fused-ring (bicyclic) bond motifs is 2. The van der Waals surface area contributed by atoms with Crippen LogP contribution in [0.25, 0.3) is 0 Å². The number of benzene rings is 2. The van der Waals surface area contributed by atoms with E-state index in [1.807, 2.05) is 62.5 Å². The van der Waals surface area contributed by atoms with Crippen molar-refractivity contribution in [1.82, 2.24) is 15.0 Å². The molecule has 234 valence electrons. The van der Waals surface area contributed by atoms with Gasteiger partial charge in [0.05, 0.1) is 37.7 Å². The number of nitrogens with zero attached hydrogens (tertiary/aromatic N) is 5. The van der Waals surface area contributed by atoms with Gasteiger partial charge in [-0.05, 0) is 55.4 Å². The van der Waals surface area contributed by atoms with Crippen LogP contribution in [0.5, 0.6) is 5.75 Å². The quantitative estimate of drug-likeness (QED) is 0.327. The molecular weight excluding hydrogens is 582 g/mol. The van der Waals surface area contributed by atoms with Gasteiger partial charge in [-0.25, -0.2) is 4.79 Å². The maximum absolute atomic E-state index is 14.7. The molecule has 2 saturated heterocycles. The van der Waals surface area contributed by atoms with E-state index in [0.717, 1.165) is 22.5 Å². The van der Waals surface area contributed by atoms with E-state index in [-0.39, 0.29) is 30.1 Å². The highest BCUT2D eigenvalue weighted by Crippen LogP contribution is 2.60. The maximum atomic E-state index is 14.7. The number of cyclic esters (lactones) is 1. The van der Waals surface area contributed by atoms with E-state index in [1.165, 1.54) is 0 Å². The van der Waals surface area contributed by atoms with Crippen molar-refractivity contribution in [2.24, 2.45) is 5.92 Å². The predicted molar refractivity (Wildman–Crippen MR) is 164 cm³/mol. The summed E-state index contributed by atoms with van der Waals surface area (Å²) in [6.45, 7) is 7.48. The third-order valence-electron chi connectivity index (χ3n) is 9.14. The monoisotopic (exact) mass is 621 g/mol. The topological polar surface area (TPSA) is 139 Å². The lowest BCUT2D eigenvalue weighted by Gasteiger charge is -2.32. The summed E-state index contributed by atoms with van der Waals surface area (Å²) in [4.78, 5) is 41.6. The van der Waals surface area contributed by atoms with Crippen LogP contribution in [0.4, 0.5) is 16.2 Å². The highest BCUT2D eigenvalue weighted by atomic mass is 28.4. The van der Waals surface area contributed by atoms with Gasteiger partial charge in [-0.1, -0.05) is 24.3 Å². The van der Waals surface area contributed by atoms with Crippen molar-refractivity contribution >= 4 is 31.7 Å². The zero-order valence-corrected chi connectivity index (χ0v) is 26.5. The number of anilines is 2. The van der Waals surface area contributed by atoms with Crippen molar-refractivity contribution < 1.29 is 33.7 Å². The number of methoxy groups -OCH3 is 1. The Morgan fingerprint density at radius 1 is 1.16 bits per heavy atom. The van der Waals surface area contributed by atoms with Crippen molar-refractivity contribution in [3.63, 3.8) is 0 Å². The second-order valence-corrected chi connectivity index (χ2v) is 16.3. The highest BCUT2D eigenvalue weighted by Gasteiger charge is 2.66. The zero-order valence-electron chi connectivity index (χ0n) is 25.5. The molecule has 13 heteroatoms. The fraction of sp³-hybridized carbons (Fsp3) is 0.484. The van der Waals surface area contributed by atoms with Crippen LogP contribution in [-0.2, 0) is 39.4 Å². The molecule has 1 aromatic heterocycles. The molecule has 0 aliphatic carbocycles. The van der Waals surface area contributed by atoms with Gasteiger partial charge in [-0.15, -0.1) is 5.10 Å². The average Bonchev–Trinajstić information content (AvgIpc) is 3.75. The summed E-state index contributed by atoms with van der Waals surface area (Å²) < 4.78 is 19.3. The van der Waals surface area contributed by atoms with E-state index in [4.69, 9.17) is 14.2 Å². The van der Waals surface area contributed by atoms with Crippen molar-refractivity contribution in [3.8, 4) is 5.75 Å². The number of aryl methyl sites for hydroxylation is 1. The molecular formula is C31H39N5O7Si. The Balaban J connectivity index is 1.32. The molecule has 4 heterocycles. The summed E-state index contributed by atoms with van der Waals surface area (Å²) in [5.41, 5.74) is 2.30. The lowest BCUT2D eigenvalue weighted by atomic mass is 9.82. The zero-order chi connectivity index (χ0) is 31.2. The molecule has 3 aromatic rings. The molecule has 2 fully saturated rings. The fourth-order valence-corrected chi connectivity index (χ4v) is 9.74. The Bertz CT molecular complexity index is 1540. The molecule has 0 saturated carbocycles. The van der Waals surface area contributed by atoms with Crippen molar-refractivity contribution in [1.29, 1.82) is 0 Å². The number of amides is 2. The summed E-state index contributed by atoms with van der Waals surface area (Å²) in [6.07, 6.45) is 2.00. The summed E-state index contributed by atoms with van der Waals surface area (Å²) in [7, 11) is -1.24. The summed E-state index contributed by atoms with van der Waals surface area (Å²) >= 11 is 0. The van der Waals surface area contributed by atoms with Crippen molar-refractivity contribution in [2.75, 3.05) is 36.7 Å². The fourth-order valence-electron chi connectivity index (χ4n) is 7.14. The third-order valence-corrected chi connectivity index (χ3v) is 11.6. The van der Waals surface area contributed by atoms with E-state index in [0.29, 0.717) is 50.5 Å². The van der Waals surface area contributed by atoms with Gasteiger partial charge < -0.3 is 29.0 Å². The van der Waals surface area contributed by atoms with Gasteiger partial charge in [-0.3, -0.25) is 14.4 Å². The number of carbonyl (C=O) groups excluding carboxylic acids is 2. The SMILES string of the molecule is COc1ccc2c(c1)[C@]1(O[C@@H](CCn3cc(CCO)nn3)[C@H]([Si](C)(C)O)[C@H]1C)C(=O)N2Cc1ccc(N2CCOC2=O)cc1. The number of hydrogen-bond donors (Lipinski definition) is 2. The van der Waals surface area contributed by atoms with Gasteiger partial charge >= 0.3 is 6.09 Å². The molecule has 0 radical (unpaired) electrons. The van der Waals surface area contributed by atoms with Crippen molar-refractivity contribution in [3.05, 3.63) is 65.5 Å². The lowest BCUT2D eigenvalue weighted by Crippen LogP contribution is -2.46. The van der Waals surface area contributed by atoms with Gasteiger partial charge in [0.1, 0.15) is 12.4 Å². The number of aliphatic hydroxyl groups is 1. The van der Waals surface area contributed by atoms with Crippen LogP contribution < -0.4 is 14.5 Å². The lowest BCUT2D eigenvalue weighted by molar-refractivity contribution is -0.146. The minimum Gasteiger partial charge on any atom is -0.497 e. The highest BCUT2D eigenvalue weighted by molar-refractivity contribution is 6.71. The minimum absolute atomic E-state index is 0.00442. The molecule has 3 aliphatic heterocycles. The smallest absolute Gasteiger partial charge is 0.414 e. The summed E-state index contributed by atoms with van der Waals surface area (Å²) in [6, 6.07) is 13.2. The van der Waals surface area contributed by atoms with Crippen LogP contribution in [0.2, 0.25) is 18.6 Å². The molecule has 44 heavy (non-hydrogen) atoms. The van der Waals surface area contributed by atoms with E-state index in [2.05, 4.69) is 10.3 Å². The van der Waals surface area contributed by atoms with Crippen LogP contribution in [0.3, 0.4) is 0 Å². The van der Waals surface area contributed by atoms with Gasteiger partial charge in [0.2, 0.25) is 0 Å². The van der Waals surface area contributed by atoms with Gasteiger partial charge in [0.15, 0.2) is 13.9 Å². The van der Waals surface area contributed by atoms with Crippen LogP contribution in [-0.4, -0.2) is 78.2 Å². The molecule has 1 spiro atoms. The molecule has 12 nitrogen and oxygen atoms in total. The minimum atomic E-state index is -2.83. The van der Waals surface area contributed by atoms with Crippen LogP contribution >= 0.6 is 0 Å². The summed E-state index contributed by atoms with van der Waals surface area (Å²) in [5, 5.41) is 17.5. The third kappa shape index (κ3) is 5.17. The van der Waals surface area contributed by atoms with Crippen LogP contribution in [0.1, 0.15) is 30.2 Å². The second kappa shape index (κ2) is 11.6. The Kier molecular flexibility index (Phi) is 7.99. The summed E-state index contributed by atoms with van der Waals surface area (Å²) in [5.74, 6) is 0.138. The van der Waals surface area contributed by atoms with E-state index in [9.17, 15) is 19.5 Å². The molecule has 4 atom stereocenters. The van der Waals surface area contributed by atoms with Gasteiger partial charge in [-0.2, -0.15) is 0 Å².